The highest BCUT2D eigenvalue weighted by Gasteiger charge is 1.88. The lowest BCUT2D eigenvalue weighted by atomic mass is 10.3. The van der Waals surface area contributed by atoms with E-state index in [1.54, 1.807) is 0 Å². The summed E-state index contributed by atoms with van der Waals surface area (Å²) in [5, 5.41) is 7.91. The maximum atomic E-state index is 3.88. The molecule has 3 heteroatoms. The van der Waals surface area contributed by atoms with Crippen molar-refractivity contribution in [3.8, 4) is 0 Å². The molecule has 0 atom stereocenters. The Morgan fingerprint density at radius 1 is 1.20 bits per heavy atom. The van der Waals surface area contributed by atoms with Crippen LogP contribution in [-0.4, -0.2) is 10.2 Å². The molecule has 0 aliphatic rings. The van der Waals surface area contributed by atoms with E-state index in [-0.39, 0.29) is 4.70 Å². The van der Waals surface area contributed by atoms with Crippen LogP contribution < -0.4 is 0 Å². The fourth-order valence-electron chi connectivity index (χ4n) is 0.883. The molecule has 52 valence electrons. The number of aromatic amines is 1. The van der Waals surface area contributed by atoms with E-state index in [4.69, 9.17) is 0 Å². The molecule has 2 aromatic rings. The number of para-hydroxylation sites is 1. The highest BCUT2D eigenvalue weighted by atomic mass is 19.0. The zero-order valence-corrected chi connectivity index (χ0v) is 5.24. The van der Waals surface area contributed by atoms with Gasteiger partial charge in [-0.25, -0.2) is 0 Å². The third kappa shape index (κ3) is 0.857. The van der Waals surface area contributed by atoms with Crippen LogP contribution in [0.2, 0.25) is 0 Å². The standard InChI is InChI=1S/C7H6N2.FH/c1-2-4-7-6(3-1)5-8-9-7;/h1-5H,(H,8,9);1H. The topological polar surface area (TPSA) is 28.7 Å². The molecule has 0 bridgehead atoms. The second-order valence-corrected chi connectivity index (χ2v) is 1.96. The number of hydrogen-bond donors (Lipinski definition) is 1. The molecule has 0 saturated heterocycles. The molecule has 1 aromatic carbocycles. The van der Waals surface area contributed by atoms with Gasteiger partial charge in [0.05, 0.1) is 11.7 Å². The molecule has 10 heavy (non-hydrogen) atoms. The molecule has 0 fully saturated rings. The van der Waals surface area contributed by atoms with Gasteiger partial charge in [0.25, 0.3) is 0 Å². The highest BCUT2D eigenvalue weighted by molar-refractivity contribution is 5.77. The molecular formula is C7H7FN2. The van der Waals surface area contributed by atoms with E-state index < -0.39 is 0 Å². The van der Waals surface area contributed by atoms with Gasteiger partial charge in [-0.1, -0.05) is 18.2 Å². The lowest BCUT2D eigenvalue weighted by molar-refractivity contribution is 1.11. The van der Waals surface area contributed by atoms with Gasteiger partial charge < -0.3 is 0 Å². The fraction of sp³-hybridized carbons (Fsp3) is 0. The number of nitrogens with zero attached hydrogens (tertiary/aromatic N) is 1. The van der Waals surface area contributed by atoms with Crippen LogP contribution in [0.5, 0.6) is 0 Å². The summed E-state index contributed by atoms with van der Waals surface area (Å²) < 4.78 is 0. The first-order chi connectivity index (χ1) is 4.47. The van der Waals surface area contributed by atoms with Gasteiger partial charge in [0, 0.05) is 5.39 Å². The van der Waals surface area contributed by atoms with Gasteiger partial charge in [-0.15, -0.1) is 0 Å². The van der Waals surface area contributed by atoms with Gasteiger partial charge in [-0.05, 0) is 6.07 Å². The van der Waals surface area contributed by atoms with Gasteiger partial charge in [0.2, 0.25) is 0 Å². The van der Waals surface area contributed by atoms with Crippen LogP contribution >= 0.6 is 0 Å². The molecule has 0 saturated carbocycles. The van der Waals surface area contributed by atoms with E-state index in [9.17, 15) is 0 Å². The summed E-state index contributed by atoms with van der Waals surface area (Å²) >= 11 is 0. The first-order valence-electron chi connectivity index (χ1n) is 2.85. The number of aromatic nitrogens is 2. The lowest BCUT2D eigenvalue weighted by Crippen LogP contribution is -1.63. The van der Waals surface area contributed by atoms with Crippen molar-refractivity contribution in [2.45, 2.75) is 0 Å². The molecule has 1 N–H and O–H groups in total. The van der Waals surface area contributed by atoms with E-state index in [1.165, 1.54) is 0 Å². The molecule has 0 amide bonds. The Morgan fingerprint density at radius 3 is 2.80 bits per heavy atom. The predicted octanol–water partition coefficient (Wildman–Crippen LogP) is 1.72. The van der Waals surface area contributed by atoms with Crippen molar-refractivity contribution >= 4 is 10.9 Å². The van der Waals surface area contributed by atoms with Crippen LogP contribution in [0.3, 0.4) is 0 Å². The zero-order valence-electron chi connectivity index (χ0n) is 5.24. The number of nitrogens with one attached hydrogen (secondary N) is 1. The number of rotatable bonds is 0. The van der Waals surface area contributed by atoms with Gasteiger partial charge in [-0.2, -0.15) is 5.10 Å². The highest BCUT2D eigenvalue weighted by Crippen LogP contribution is 2.06. The average Bonchev–Trinajstić information content (AvgIpc) is 2.33. The number of halogens is 1. The lowest BCUT2D eigenvalue weighted by Gasteiger charge is -1.81. The number of hydrogen-bond acceptors (Lipinski definition) is 1. The van der Waals surface area contributed by atoms with Crippen molar-refractivity contribution in [3.05, 3.63) is 30.5 Å². The van der Waals surface area contributed by atoms with Crippen molar-refractivity contribution in [1.29, 1.82) is 0 Å². The molecule has 1 aromatic heterocycles. The Balaban J connectivity index is 0.000000500. The van der Waals surface area contributed by atoms with E-state index in [0.29, 0.717) is 0 Å². The van der Waals surface area contributed by atoms with Crippen LogP contribution in [0.25, 0.3) is 10.9 Å². The van der Waals surface area contributed by atoms with E-state index in [2.05, 4.69) is 10.2 Å². The molecular weight excluding hydrogens is 131 g/mol. The Kier molecular flexibility index (Phi) is 1.67. The first kappa shape index (κ1) is 6.74. The SMILES string of the molecule is F.c1ccc2[nH]ncc2c1. The molecule has 0 spiro atoms. The van der Waals surface area contributed by atoms with E-state index in [0.717, 1.165) is 10.9 Å². The second-order valence-electron chi connectivity index (χ2n) is 1.96. The molecule has 0 aliphatic heterocycles. The van der Waals surface area contributed by atoms with E-state index in [1.807, 2.05) is 30.5 Å². The molecule has 0 unspecified atom stereocenters. The first-order valence-corrected chi connectivity index (χ1v) is 2.85. The van der Waals surface area contributed by atoms with Gasteiger partial charge >= 0.3 is 0 Å². The summed E-state index contributed by atoms with van der Waals surface area (Å²) in [6.07, 6.45) is 1.81. The monoisotopic (exact) mass is 138 g/mol. The zero-order chi connectivity index (χ0) is 6.10. The van der Waals surface area contributed by atoms with Crippen LogP contribution in [0.4, 0.5) is 4.70 Å². The van der Waals surface area contributed by atoms with Crippen molar-refractivity contribution in [3.63, 3.8) is 0 Å². The normalized spacial score (nSPS) is 9.20. The van der Waals surface area contributed by atoms with Crippen molar-refractivity contribution in [1.82, 2.24) is 10.2 Å². The maximum Gasteiger partial charge on any atom is 0.0650 e. The summed E-state index contributed by atoms with van der Waals surface area (Å²) in [6, 6.07) is 8.01. The molecule has 0 radical (unpaired) electrons. The minimum Gasteiger partial charge on any atom is -0.278 e. The van der Waals surface area contributed by atoms with Crippen molar-refractivity contribution in [2.24, 2.45) is 0 Å². The minimum atomic E-state index is 0. The molecule has 2 nitrogen and oxygen atoms in total. The number of benzene rings is 1. The average molecular weight is 138 g/mol. The van der Waals surface area contributed by atoms with Crippen molar-refractivity contribution in [2.75, 3.05) is 0 Å². The summed E-state index contributed by atoms with van der Waals surface area (Å²) in [5.41, 5.74) is 1.09. The molecule has 1 heterocycles. The van der Waals surface area contributed by atoms with Gasteiger partial charge in [-0.3, -0.25) is 9.80 Å². The van der Waals surface area contributed by atoms with E-state index >= 15 is 0 Å². The largest absolute Gasteiger partial charge is 0.278 e. The summed E-state index contributed by atoms with van der Waals surface area (Å²) in [5.74, 6) is 0. The van der Waals surface area contributed by atoms with Crippen LogP contribution in [0, 0.1) is 0 Å². The number of H-pyrrole nitrogens is 1. The molecule has 2 rings (SSSR count). The Morgan fingerprint density at radius 2 is 2.00 bits per heavy atom. The quantitative estimate of drug-likeness (QED) is 0.589. The third-order valence-corrected chi connectivity index (χ3v) is 1.35. The smallest absolute Gasteiger partial charge is 0.0650 e. The summed E-state index contributed by atoms with van der Waals surface area (Å²) in [7, 11) is 0. The van der Waals surface area contributed by atoms with Crippen LogP contribution in [0.1, 0.15) is 0 Å². The molecule has 0 aliphatic carbocycles. The Labute approximate surface area is 57.2 Å². The maximum absolute atomic E-state index is 3.88. The minimum absolute atomic E-state index is 0. The Bertz CT molecular complexity index is 286. The second kappa shape index (κ2) is 2.47. The Hall–Kier alpha value is -1.38. The van der Waals surface area contributed by atoms with Gasteiger partial charge in [0.15, 0.2) is 0 Å². The van der Waals surface area contributed by atoms with Gasteiger partial charge in [0.1, 0.15) is 0 Å². The number of fused-ring (bicyclic) bond motifs is 1. The van der Waals surface area contributed by atoms with Crippen LogP contribution in [-0.2, 0) is 0 Å². The third-order valence-electron chi connectivity index (χ3n) is 1.35. The van der Waals surface area contributed by atoms with Crippen molar-refractivity contribution < 1.29 is 4.70 Å². The summed E-state index contributed by atoms with van der Waals surface area (Å²) in [6.45, 7) is 0. The fourth-order valence-corrected chi connectivity index (χ4v) is 0.883. The summed E-state index contributed by atoms with van der Waals surface area (Å²) in [4.78, 5) is 0. The van der Waals surface area contributed by atoms with Crippen LogP contribution in [0.15, 0.2) is 30.5 Å². The predicted molar refractivity (Wildman–Crippen MR) is 38.6 cm³/mol.